The molecule has 0 unspecified atom stereocenters. The Kier molecular flexibility index (Phi) is 2.84. The number of hydrogen-bond donors (Lipinski definition) is 2. The molecule has 0 aromatic carbocycles. The van der Waals surface area contributed by atoms with E-state index >= 15 is 0 Å². The Hall–Kier alpha value is -0.870. The van der Waals surface area contributed by atoms with Gasteiger partial charge in [0, 0.05) is 10.3 Å². The lowest BCUT2D eigenvalue weighted by molar-refractivity contribution is 0.100. The molecule has 4 heteroatoms. The van der Waals surface area contributed by atoms with Crippen LogP contribution in [0.5, 0.6) is 0 Å². The standard InChI is InChI=1S/C10H14N2OS/c11-10(13)8-5-9(14-6-8)7-1-3-12-4-2-7/h5-7,12H,1-4H2,(H2,11,13). The minimum atomic E-state index is -0.318. The molecule has 1 aromatic heterocycles. The van der Waals surface area contributed by atoms with Gasteiger partial charge in [-0.2, -0.15) is 0 Å². The lowest BCUT2D eigenvalue weighted by Crippen LogP contribution is -2.26. The fourth-order valence-corrected chi connectivity index (χ4v) is 2.87. The van der Waals surface area contributed by atoms with Crippen molar-refractivity contribution >= 4 is 17.2 Å². The zero-order valence-corrected chi connectivity index (χ0v) is 8.77. The summed E-state index contributed by atoms with van der Waals surface area (Å²) in [6, 6.07) is 1.95. The summed E-state index contributed by atoms with van der Waals surface area (Å²) >= 11 is 1.66. The van der Waals surface area contributed by atoms with Crippen LogP contribution in [0.25, 0.3) is 0 Å². The Balaban J connectivity index is 2.11. The second kappa shape index (κ2) is 4.11. The van der Waals surface area contributed by atoms with Gasteiger partial charge in [-0.3, -0.25) is 4.79 Å². The number of nitrogens with two attached hydrogens (primary N) is 1. The van der Waals surface area contributed by atoms with Crippen LogP contribution in [0.1, 0.15) is 34.0 Å². The van der Waals surface area contributed by atoms with Crippen molar-refractivity contribution in [2.24, 2.45) is 5.73 Å². The molecule has 0 spiro atoms. The number of primary amides is 1. The fraction of sp³-hybridized carbons (Fsp3) is 0.500. The largest absolute Gasteiger partial charge is 0.366 e. The molecule has 1 amide bonds. The van der Waals surface area contributed by atoms with Crippen molar-refractivity contribution in [3.05, 3.63) is 21.9 Å². The monoisotopic (exact) mass is 210 g/mol. The molecule has 2 rings (SSSR count). The summed E-state index contributed by atoms with van der Waals surface area (Å²) in [5.74, 6) is 0.302. The quantitative estimate of drug-likeness (QED) is 0.773. The maximum atomic E-state index is 10.9. The highest BCUT2D eigenvalue weighted by Gasteiger charge is 2.17. The predicted molar refractivity (Wildman–Crippen MR) is 57.7 cm³/mol. The van der Waals surface area contributed by atoms with Gasteiger partial charge in [-0.05, 0) is 37.9 Å². The van der Waals surface area contributed by atoms with Crippen molar-refractivity contribution in [1.82, 2.24) is 5.32 Å². The normalized spacial score (nSPS) is 18.3. The number of piperidine rings is 1. The average Bonchev–Trinajstić information content (AvgIpc) is 2.68. The van der Waals surface area contributed by atoms with E-state index in [0.29, 0.717) is 11.5 Å². The summed E-state index contributed by atoms with van der Waals surface area (Å²) in [5, 5.41) is 5.19. The zero-order valence-electron chi connectivity index (χ0n) is 7.95. The molecular weight excluding hydrogens is 196 g/mol. The summed E-state index contributed by atoms with van der Waals surface area (Å²) in [5.41, 5.74) is 5.87. The van der Waals surface area contributed by atoms with E-state index in [-0.39, 0.29) is 5.91 Å². The molecular formula is C10H14N2OS. The van der Waals surface area contributed by atoms with Crippen molar-refractivity contribution in [2.45, 2.75) is 18.8 Å². The fourth-order valence-electron chi connectivity index (χ4n) is 1.80. The molecule has 1 aliphatic rings. The highest BCUT2D eigenvalue weighted by atomic mass is 32.1. The molecule has 0 radical (unpaired) electrons. The van der Waals surface area contributed by atoms with E-state index in [4.69, 9.17) is 5.73 Å². The first kappa shape index (κ1) is 9.68. The number of nitrogens with one attached hydrogen (secondary N) is 1. The number of amides is 1. The van der Waals surface area contributed by atoms with E-state index < -0.39 is 0 Å². The average molecular weight is 210 g/mol. The molecule has 14 heavy (non-hydrogen) atoms. The molecule has 2 heterocycles. The van der Waals surface area contributed by atoms with E-state index in [1.807, 2.05) is 11.4 Å². The smallest absolute Gasteiger partial charge is 0.249 e. The number of carbonyl (C=O) groups excluding carboxylic acids is 1. The van der Waals surface area contributed by atoms with E-state index in [1.54, 1.807) is 11.3 Å². The van der Waals surface area contributed by atoms with Gasteiger partial charge in [0.25, 0.3) is 0 Å². The molecule has 0 atom stereocenters. The lowest BCUT2D eigenvalue weighted by Gasteiger charge is -2.21. The highest BCUT2D eigenvalue weighted by Crippen LogP contribution is 2.30. The van der Waals surface area contributed by atoms with Crippen molar-refractivity contribution in [3.63, 3.8) is 0 Å². The second-order valence-electron chi connectivity index (χ2n) is 3.63. The molecule has 76 valence electrons. The first-order chi connectivity index (χ1) is 6.77. The first-order valence-corrected chi connectivity index (χ1v) is 5.74. The van der Waals surface area contributed by atoms with Gasteiger partial charge in [-0.1, -0.05) is 0 Å². The van der Waals surface area contributed by atoms with Crippen molar-refractivity contribution in [3.8, 4) is 0 Å². The van der Waals surface area contributed by atoms with E-state index in [0.717, 1.165) is 13.1 Å². The van der Waals surface area contributed by atoms with Crippen LogP contribution in [-0.2, 0) is 0 Å². The second-order valence-corrected chi connectivity index (χ2v) is 4.57. The number of thiophene rings is 1. The third-order valence-corrected chi connectivity index (χ3v) is 3.74. The van der Waals surface area contributed by atoms with Gasteiger partial charge < -0.3 is 11.1 Å². The summed E-state index contributed by atoms with van der Waals surface area (Å²) in [6.45, 7) is 2.16. The maximum absolute atomic E-state index is 10.9. The maximum Gasteiger partial charge on any atom is 0.249 e. The lowest BCUT2D eigenvalue weighted by atomic mass is 9.96. The molecule has 0 aliphatic carbocycles. The van der Waals surface area contributed by atoms with Gasteiger partial charge in [-0.25, -0.2) is 0 Å². The van der Waals surface area contributed by atoms with Gasteiger partial charge in [-0.15, -0.1) is 11.3 Å². The third-order valence-electron chi connectivity index (χ3n) is 2.65. The number of carbonyl (C=O) groups is 1. The minimum absolute atomic E-state index is 0.318. The molecule has 0 saturated carbocycles. The SMILES string of the molecule is NC(=O)c1csc(C2CCNCC2)c1. The molecule has 1 aliphatic heterocycles. The van der Waals surface area contributed by atoms with Crippen molar-refractivity contribution in [2.75, 3.05) is 13.1 Å². The van der Waals surface area contributed by atoms with Gasteiger partial charge in [0.05, 0.1) is 5.56 Å². The molecule has 1 aromatic rings. The minimum Gasteiger partial charge on any atom is -0.366 e. The number of rotatable bonds is 2. The molecule has 3 N–H and O–H groups in total. The summed E-state index contributed by atoms with van der Waals surface area (Å²) in [4.78, 5) is 12.2. The Morgan fingerprint density at radius 1 is 1.50 bits per heavy atom. The topological polar surface area (TPSA) is 55.1 Å². The van der Waals surface area contributed by atoms with Crippen LogP contribution in [0.3, 0.4) is 0 Å². The summed E-state index contributed by atoms with van der Waals surface area (Å²) < 4.78 is 0. The zero-order chi connectivity index (χ0) is 9.97. The van der Waals surface area contributed by atoms with Crippen LogP contribution in [0.4, 0.5) is 0 Å². The van der Waals surface area contributed by atoms with E-state index in [2.05, 4.69) is 5.32 Å². The Labute approximate surface area is 87.3 Å². The first-order valence-electron chi connectivity index (χ1n) is 4.86. The summed E-state index contributed by atoms with van der Waals surface area (Å²) in [7, 11) is 0. The molecule has 0 bridgehead atoms. The van der Waals surface area contributed by atoms with Crippen molar-refractivity contribution in [1.29, 1.82) is 0 Å². The van der Waals surface area contributed by atoms with Crippen LogP contribution in [0.15, 0.2) is 11.4 Å². The van der Waals surface area contributed by atoms with E-state index in [9.17, 15) is 4.79 Å². The predicted octanol–water partition coefficient (Wildman–Crippen LogP) is 1.31. The molecule has 1 saturated heterocycles. The Morgan fingerprint density at radius 3 is 2.79 bits per heavy atom. The van der Waals surface area contributed by atoms with Gasteiger partial charge in [0.15, 0.2) is 0 Å². The van der Waals surface area contributed by atoms with Gasteiger partial charge in [0.1, 0.15) is 0 Å². The van der Waals surface area contributed by atoms with Crippen LogP contribution in [0, 0.1) is 0 Å². The highest BCUT2D eigenvalue weighted by molar-refractivity contribution is 7.10. The van der Waals surface area contributed by atoms with Crippen LogP contribution >= 0.6 is 11.3 Å². The van der Waals surface area contributed by atoms with Crippen LogP contribution in [0.2, 0.25) is 0 Å². The van der Waals surface area contributed by atoms with Gasteiger partial charge in [0.2, 0.25) is 5.91 Å². The Morgan fingerprint density at radius 2 is 2.21 bits per heavy atom. The van der Waals surface area contributed by atoms with Crippen molar-refractivity contribution < 1.29 is 4.79 Å². The van der Waals surface area contributed by atoms with E-state index in [1.165, 1.54) is 17.7 Å². The summed E-state index contributed by atoms with van der Waals surface area (Å²) in [6.07, 6.45) is 2.33. The molecule has 3 nitrogen and oxygen atoms in total. The third kappa shape index (κ3) is 1.96. The number of hydrogen-bond acceptors (Lipinski definition) is 3. The Bertz CT molecular complexity index is 329. The van der Waals surface area contributed by atoms with Gasteiger partial charge >= 0.3 is 0 Å². The van der Waals surface area contributed by atoms with Crippen LogP contribution < -0.4 is 11.1 Å². The van der Waals surface area contributed by atoms with Crippen LogP contribution in [-0.4, -0.2) is 19.0 Å². The molecule has 1 fully saturated rings.